The first-order chi connectivity index (χ1) is 15.0. The first kappa shape index (κ1) is 22.0. The first-order valence-electron chi connectivity index (χ1n) is 11.5. The Hall–Kier alpha value is -2.19. The van der Waals surface area contributed by atoms with Crippen LogP contribution < -0.4 is 15.5 Å². The number of rotatable bonds is 6. The van der Waals surface area contributed by atoms with E-state index in [2.05, 4.69) is 20.4 Å². The van der Waals surface area contributed by atoms with Crippen molar-refractivity contribution < 1.29 is 19.1 Å². The van der Waals surface area contributed by atoms with Crippen LogP contribution in [0.5, 0.6) is 0 Å². The summed E-state index contributed by atoms with van der Waals surface area (Å²) in [6, 6.07) is 4.49. The topological polar surface area (TPSA) is 84.9 Å². The number of hydrogen-bond acceptors (Lipinski definition) is 6. The number of carbonyl (C=O) groups excluding carboxylic acids is 2. The Morgan fingerprint density at radius 2 is 1.81 bits per heavy atom. The fourth-order valence-corrected chi connectivity index (χ4v) is 4.90. The number of aliphatic hydroxyl groups is 1. The van der Waals surface area contributed by atoms with Gasteiger partial charge in [0.25, 0.3) is 0 Å². The molecule has 7 nitrogen and oxygen atoms in total. The summed E-state index contributed by atoms with van der Waals surface area (Å²) >= 11 is 0. The van der Waals surface area contributed by atoms with Crippen LogP contribution in [0.25, 0.3) is 0 Å². The number of nitrogens with one attached hydrogen (secondary N) is 2. The van der Waals surface area contributed by atoms with Crippen molar-refractivity contribution >= 4 is 23.2 Å². The van der Waals surface area contributed by atoms with E-state index in [-0.39, 0.29) is 30.2 Å². The molecule has 0 radical (unpaired) electrons. The molecule has 31 heavy (non-hydrogen) atoms. The van der Waals surface area contributed by atoms with E-state index in [1.165, 1.54) is 12.5 Å². The van der Waals surface area contributed by atoms with E-state index in [1.807, 2.05) is 0 Å². The largest absolute Gasteiger partial charge is 0.393 e. The zero-order valence-corrected chi connectivity index (χ0v) is 18.0. The molecular weight excluding hydrogens is 399 g/mol. The summed E-state index contributed by atoms with van der Waals surface area (Å²) in [5.74, 6) is -0.197. The smallest absolute Gasteiger partial charge is 0.249 e. The quantitative estimate of drug-likeness (QED) is 0.597. The molecule has 2 heterocycles. The van der Waals surface area contributed by atoms with Gasteiger partial charge in [0.1, 0.15) is 11.9 Å². The lowest BCUT2D eigenvalue weighted by atomic mass is 9.85. The van der Waals surface area contributed by atoms with E-state index in [0.717, 1.165) is 64.3 Å². The minimum atomic E-state index is -0.515. The predicted molar refractivity (Wildman–Crippen MR) is 117 cm³/mol. The van der Waals surface area contributed by atoms with Gasteiger partial charge in [0, 0.05) is 38.3 Å². The predicted octanol–water partition coefficient (Wildman–Crippen LogP) is 2.11. The summed E-state index contributed by atoms with van der Waals surface area (Å²) < 4.78 is 14.8. The van der Waals surface area contributed by atoms with E-state index in [0.29, 0.717) is 17.8 Å². The Morgan fingerprint density at radius 1 is 1.06 bits per heavy atom. The van der Waals surface area contributed by atoms with E-state index in [4.69, 9.17) is 0 Å². The molecule has 1 saturated carbocycles. The number of halogens is 1. The molecule has 1 atom stereocenters. The van der Waals surface area contributed by atoms with Crippen molar-refractivity contribution in [1.29, 1.82) is 0 Å². The van der Waals surface area contributed by atoms with Gasteiger partial charge in [0.15, 0.2) is 0 Å². The highest BCUT2D eigenvalue weighted by Crippen LogP contribution is 2.28. The van der Waals surface area contributed by atoms with Crippen molar-refractivity contribution in [2.75, 3.05) is 42.9 Å². The maximum Gasteiger partial charge on any atom is 0.249 e. The van der Waals surface area contributed by atoms with Crippen molar-refractivity contribution in [1.82, 2.24) is 10.2 Å². The second-order valence-electron chi connectivity index (χ2n) is 9.11. The minimum Gasteiger partial charge on any atom is -0.393 e. The monoisotopic (exact) mass is 432 g/mol. The number of piperidine rings is 1. The number of aliphatic hydroxyl groups excluding tert-OH is 1. The SMILES string of the molecule is O=C1CCC(Nc2ccc(N3CCN(CCC4CCC(O)CC4)CC3)c(F)c2)C(=O)N1. The Kier molecular flexibility index (Phi) is 7.07. The highest BCUT2D eigenvalue weighted by molar-refractivity contribution is 6.01. The van der Waals surface area contributed by atoms with Gasteiger partial charge >= 0.3 is 0 Å². The van der Waals surface area contributed by atoms with E-state index in [9.17, 15) is 19.1 Å². The fraction of sp³-hybridized carbons (Fsp3) is 0.652. The number of anilines is 2. The van der Waals surface area contributed by atoms with Crippen molar-refractivity contribution in [3.8, 4) is 0 Å². The lowest BCUT2D eigenvalue weighted by Crippen LogP contribution is -2.47. The molecule has 0 bridgehead atoms. The van der Waals surface area contributed by atoms with Gasteiger partial charge in [0.05, 0.1) is 11.8 Å². The van der Waals surface area contributed by atoms with Gasteiger partial charge in [-0.15, -0.1) is 0 Å². The number of carbonyl (C=O) groups is 2. The third-order valence-electron chi connectivity index (χ3n) is 6.91. The Labute approximate surface area is 183 Å². The van der Waals surface area contributed by atoms with Crippen LogP contribution in [0.1, 0.15) is 44.9 Å². The van der Waals surface area contributed by atoms with Gasteiger partial charge < -0.3 is 15.3 Å². The van der Waals surface area contributed by atoms with Gasteiger partial charge in [0.2, 0.25) is 11.8 Å². The molecule has 2 aliphatic heterocycles. The molecule has 0 aromatic heterocycles. The number of hydrogen-bond donors (Lipinski definition) is 3. The zero-order valence-electron chi connectivity index (χ0n) is 18.0. The average molecular weight is 433 g/mol. The van der Waals surface area contributed by atoms with Crippen molar-refractivity contribution in [3.05, 3.63) is 24.0 Å². The summed E-state index contributed by atoms with van der Waals surface area (Å²) in [6.45, 7) is 4.50. The fourth-order valence-electron chi connectivity index (χ4n) is 4.90. The normalized spacial score (nSPS) is 27.8. The van der Waals surface area contributed by atoms with Gasteiger partial charge in [-0.3, -0.25) is 19.8 Å². The Balaban J connectivity index is 1.25. The van der Waals surface area contributed by atoms with Crippen molar-refractivity contribution in [2.24, 2.45) is 5.92 Å². The Bertz CT molecular complexity index is 789. The molecule has 0 spiro atoms. The molecule has 1 aliphatic carbocycles. The van der Waals surface area contributed by atoms with Crippen LogP contribution in [0.3, 0.4) is 0 Å². The number of piperazine rings is 1. The molecule has 1 aromatic rings. The second kappa shape index (κ2) is 9.96. The third-order valence-corrected chi connectivity index (χ3v) is 6.91. The number of amides is 2. The number of imide groups is 1. The maximum absolute atomic E-state index is 14.8. The highest BCUT2D eigenvalue weighted by Gasteiger charge is 2.27. The summed E-state index contributed by atoms with van der Waals surface area (Å²) in [5, 5.41) is 15.0. The molecule has 170 valence electrons. The molecule has 1 unspecified atom stereocenters. The number of nitrogens with zero attached hydrogens (tertiary/aromatic N) is 2. The van der Waals surface area contributed by atoms with Crippen molar-refractivity contribution in [2.45, 2.75) is 57.1 Å². The molecule has 3 fully saturated rings. The van der Waals surface area contributed by atoms with E-state index < -0.39 is 6.04 Å². The molecule has 1 aromatic carbocycles. The Morgan fingerprint density at radius 3 is 2.48 bits per heavy atom. The molecule has 4 rings (SSSR count). The summed E-state index contributed by atoms with van der Waals surface area (Å²) in [7, 11) is 0. The zero-order chi connectivity index (χ0) is 21.8. The number of benzene rings is 1. The first-order valence-corrected chi connectivity index (χ1v) is 11.5. The molecule has 3 aliphatic rings. The maximum atomic E-state index is 14.8. The summed E-state index contributed by atoms with van der Waals surface area (Å²) in [5.41, 5.74) is 1.14. The van der Waals surface area contributed by atoms with Crippen LogP contribution >= 0.6 is 0 Å². The van der Waals surface area contributed by atoms with E-state index in [1.54, 1.807) is 12.1 Å². The van der Waals surface area contributed by atoms with Crippen LogP contribution in [0.2, 0.25) is 0 Å². The summed E-state index contributed by atoms with van der Waals surface area (Å²) in [4.78, 5) is 27.7. The van der Waals surface area contributed by atoms with Gasteiger partial charge in [-0.05, 0) is 69.2 Å². The lowest BCUT2D eigenvalue weighted by molar-refractivity contribution is -0.133. The minimum absolute atomic E-state index is 0.0969. The molecular formula is C23H33FN4O3. The third kappa shape index (κ3) is 5.74. The molecule has 2 saturated heterocycles. The standard InChI is InChI=1S/C23H33FN4O3/c24-19-15-17(25-20-6-8-22(30)26-23(20)31)3-7-21(19)28-13-11-27(12-14-28)10-9-16-1-4-18(29)5-2-16/h3,7,15-16,18,20,25,29H,1-2,4-6,8-14H2,(H,26,30,31). The van der Waals surface area contributed by atoms with Crippen LogP contribution in [0.15, 0.2) is 18.2 Å². The second-order valence-corrected chi connectivity index (χ2v) is 9.11. The molecule has 2 amide bonds. The van der Waals surface area contributed by atoms with E-state index >= 15 is 0 Å². The van der Waals surface area contributed by atoms with Crippen molar-refractivity contribution in [3.63, 3.8) is 0 Å². The highest BCUT2D eigenvalue weighted by atomic mass is 19.1. The van der Waals surface area contributed by atoms with Crippen LogP contribution in [0.4, 0.5) is 15.8 Å². The molecule has 3 N–H and O–H groups in total. The van der Waals surface area contributed by atoms with Crippen LogP contribution in [-0.4, -0.2) is 66.7 Å². The molecule has 8 heteroatoms. The lowest BCUT2D eigenvalue weighted by Gasteiger charge is -2.37. The van der Waals surface area contributed by atoms with Gasteiger partial charge in [-0.2, -0.15) is 0 Å². The van der Waals surface area contributed by atoms with Gasteiger partial charge in [-0.25, -0.2) is 4.39 Å². The van der Waals surface area contributed by atoms with Gasteiger partial charge in [-0.1, -0.05) is 0 Å². The van der Waals surface area contributed by atoms with Crippen LogP contribution in [0, 0.1) is 11.7 Å². The average Bonchev–Trinajstić information content (AvgIpc) is 2.76. The summed E-state index contributed by atoms with van der Waals surface area (Å²) in [6.07, 6.45) is 5.92. The van der Waals surface area contributed by atoms with Crippen LogP contribution in [-0.2, 0) is 9.59 Å².